The van der Waals surface area contributed by atoms with Gasteiger partial charge in [0.05, 0.1) is 10.9 Å². The number of hydrogen-bond donors (Lipinski definition) is 2. The second-order valence-corrected chi connectivity index (χ2v) is 13.6. The molecule has 3 rings (SSSR count). The van der Waals surface area contributed by atoms with Gasteiger partial charge in [0.25, 0.3) is 0 Å². The summed E-state index contributed by atoms with van der Waals surface area (Å²) >= 11 is 12.7. The Labute approximate surface area is 219 Å². The quantitative estimate of drug-likeness (QED) is 0.353. The van der Waals surface area contributed by atoms with Crippen LogP contribution >= 0.6 is 23.2 Å². The molecule has 1 unspecified atom stereocenters. The standard InChI is InChI=1S/C28H33Cl2NO3S/c1-17-8-11-20(12-9-17)35(33,34)31-25(21-13-10-19(29)16-24(21)30)18-14-22(27(2,3)4)26(32)23(15-18)28(5,6)7/h8-16,25,31-32H,1-7H3. The van der Waals surface area contributed by atoms with Crippen molar-refractivity contribution in [2.24, 2.45) is 0 Å². The summed E-state index contributed by atoms with van der Waals surface area (Å²) in [6, 6.07) is 14.6. The van der Waals surface area contributed by atoms with Crippen molar-refractivity contribution in [1.82, 2.24) is 4.72 Å². The van der Waals surface area contributed by atoms with Crippen molar-refractivity contribution in [3.8, 4) is 5.75 Å². The van der Waals surface area contributed by atoms with Gasteiger partial charge in [0, 0.05) is 10.0 Å². The monoisotopic (exact) mass is 533 g/mol. The van der Waals surface area contributed by atoms with Gasteiger partial charge in [-0.15, -0.1) is 0 Å². The summed E-state index contributed by atoms with van der Waals surface area (Å²) in [4.78, 5) is 0.157. The smallest absolute Gasteiger partial charge is 0.241 e. The van der Waals surface area contributed by atoms with E-state index in [9.17, 15) is 13.5 Å². The lowest BCUT2D eigenvalue weighted by Crippen LogP contribution is -2.30. The summed E-state index contributed by atoms with van der Waals surface area (Å²) in [7, 11) is -3.91. The fourth-order valence-corrected chi connectivity index (χ4v) is 5.68. The Morgan fingerprint density at radius 2 is 1.34 bits per heavy atom. The van der Waals surface area contributed by atoms with Crippen molar-refractivity contribution in [3.05, 3.63) is 92.5 Å². The molecular formula is C28H33Cl2NO3S. The largest absolute Gasteiger partial charge is 0.507 e. The first-order chi connectivity index (χ1) is 16.0. The zero-order chi connectivity index (χ0) is 26.3. The molecule has 7 heteroatoms. The van der Waals surface area contributed by atoms with E-state index in [1.807, 2.05) is 60.6 Å². The van der Waals surface area contributed by atoms with E-state index in [4.69, 9.17) is 23.2 Å². The summed E-state index contributed by atoms with van der Waals surface area (Å²) in [6.07, 6.45) is 0. The molecule has 3 aromatic carbocycles. The summed E-state index contributed by atoms with van der Waals surface area (Å²) < 4.78 is 29.8. The molecule has 0 aliphatic carbocycles. The Bertz CT molecular complexity index is 1300. The SMILES string of the molecule is Cc1ccc(S(=O)(=O)NC(c2cc(C(C)(C)C)c(O)c(C(C)(C)C)c2)c2ccc(Cl)cc2Cl)cc1. The van der Waals surface area contributed by atoms with Crippen molar-refractivity contribution < 1.29 is 13.5 Å². The molecule has 35 heavy (non-hydrogen) atoms. The van der Waals surface area contributed by atoms with Gasteiger partial charge in [-0.25, -0.2) is 8.42 Å². The molecule has 0 aliphatic rings. The van der Waals surface area contributed by atoms with Gasteiger partial charge >= 0.3 is 0 Å². The Morgan fingerprint density at radius 1 is 0.829 bits per heavy atom. The molecule has 0 saturated carbocycles. The molecule has 0 aliphatic heterocycles. The fraction of sp³-hybridized carbons (Fsp3) is 0.357. The van der Waals surface area contributed by atoms with Gasteiger partial charge in [-0.05, 0) is 76.4 Å². The van der Waals surface area contributed by atoms with Crippen LogP contribution in [-0.2, 0) is 20.9 Å². The van der Waals surface area contributed by atoms with E-state index in [1.165, 1.54) is 0 Å². The minimum absolute atomic E-state index is 0.157. The van der Waals surface area contributed by atoms with Gasteiger partial charge in [-0.3, -0.25) is 0 Å². The third-order valence-electron chi connectivity index (χ3n) is 5.96. The van der Waals surface area contributed by atoms with Crippen LogP contribution in [0.2, 0.25) is 10.0 Å². The summed E-state index contributed by atoms with van der Waals surface area (Å²) in [5, 5.41) is 12.0. The van der Waals surface area contributed by atoms with Crippen LogP contribution in [0.15, 0.2) is 59.5 Å². The van der Waals surface area contributed by atoms with E-state index in [0.717, 1.165) is 16.7 Å². The molecular weight excluding hydrogens is 501 g/mol. The van der Waals surface area contributed by atoms with E-state index in [0.29, 0.717) is 21.2 Å². The first-order valence-corrected chi connectivity index (χ1v) is 13.7. The second-order valence-electron chi connectivity index (χ2n) is 11.0. The number of phenols is 1. The zero-order valence-corrected chi connectivity index (χ0v) is 23.5. The van der Waals surface area contributed by atoms with E-state index in [-0.39, 0.29) is 21.5 Å². The lowest BCUT2D eigenvalue weighted by atomic mass is 9.77. The Kier molecular flexibility index (Phi) is 7.69. The van der Waals surface area contributed by atoms with Crippen LogP contribution < -0.4 is 4.72 Å². The summed E-state index contributed by atoms with van der Waals surface area (Å²) in [5.41, 5.74) is 2.89. The van der Waals surface area contributed by atoms with Gasteiger partial charge in [-0.2, -0.15) is 4.72 Å². The van der Waals surface area contributed by atoms with Crippen molar-refractivity contribution in [3.63, 3.8) is 0 Å². The minimum Gasteiger partial charge on any atom is -0.507 e. The van der Waals surface area contributed by atoms with Gasteiger partial charge in [-0.1, -0.05) is 88.5 Å². The van der Waals surface area contributed by atoms with Gasteiger partial charge in [0.15, 0.2) is 0 Å². The summed E-state index contributed by atoms with van der Waals surface area (Å²) in [6.45, 7) is 14.0. The molecule has 0 spiro atoms. The predicted molar refractivity (Wildman–Crippen MR) is 145 cm³/mol. The van der Waals surface area contributed by atoms with Crippen LogP contribution in [0.4, 0.5) is 0 Å². The van der Waals surface area contributed by atoms with Crippen LogP contribution in [0.3, 0.4) is 0 Å². The molecule has 188 valence electrons. The maximum atomic E-state index is 13.5. The van der Waals surface area contributed by atoms with Crippen LogP contribution in [0, 0.1) is 6.92 Å². The van der Waals surface area contributed by atoms with E-state index >= 15 is 0 Å². The number of benzene rings is 3. The Morgan fingerprint density at radius 3 is 1.80 bits per heavy atom. The highest BCUT2D eigenvalue weighted by atomic mass is 35.5. The number of aryl methyl sites for hydroxylation is 1. The maximum Gasteiger partial charge on any atom is 0.241 e. The molecule has 0 saturated heterocycles. The minimum atomic E-state index is -3.91. The number of phenolic OH excluding ortho intramolecular Hbond substituents is 1. The van der Waals surface area contributed by atoms with Gasteiger partial charge < -0.3 is 5.11 Å². The lowest BCUT2D eigenvalue weighted by Gasteiger charge is -2.30. The molecule has 0 radical (unpaired) electrons. The highest BCUT2D eigenvalue weighted by Crippen LogP contribution is 2.42. The maximum absolute atomic E-state index is 13.5. The zero-order valence-electron chi connectivity index (χ0n) is 21.2. The molecule has 0 fully saturated rings. The van der Waals surface area contributed by atoms with Crippen LogP contribution in [-0.4, -0.2) is 13.5 Å². The molecule has 0 bridgehead atoms. The van der Waals surface area contributed by atoms with Crippen LogP contribution in [0.25, 0.3) is 0 Å². The molecule has 0 aromatic heterocycles. The third kappa shape index (κ3) is 6.21. The van der Waals surface area contributed by atoms with Crippen LogP contribution in [0.1, 0.15) is 75.4 Å². The van der Waals surface area contributed by atoms with Crippen molar-refractivity contribution in [2.75, 3.05) is 0 Å². The Hall–Kier alpha value is -2.05. The van der Waals surface area contributed by atoms with E-state index < -0.39 is 16.1 Å². The van der Waals surface area contributed by atoms with Crippen molar-refractivity contribution in [2.45, 2.75) is 70.2 Å². The lowest BCUT2D eigenvalue weighted by molar-refractivity contribution is 0.422. The van der Waals surface area contributed by atoms with E-state index in [1.54, 1.807) is 42.5 Å². The molecule has 4 nitrogen and oxygen atoms in total. The van der Waals surface area contributed by atoms with Gasteiger partial charge in [0.1, 0.15) is 5.75 Å². The predicted octanol–water partition coefficient (Wildman–Crippen LogP) is 7.67. The molecule has 3 aromatic rings. The highest BCUT2D eigenvalue weighted by Gasteiger charge is 2.31. The normalized spacial score (nSPS) is 13.6. The average Bonchev–Trinajstić information content (AvgIpc) is 2.71. The number of halogens is 2. The Balaban J connectivity index is 2.30. The number of rotatable bonds is 5. The van der Waals surface area contributed by atoms with E-state index in [2.05, 4.69) is 4.72 Å². The number of nitrogens with one attached hydrogen (secondary N) is 1. The van der Waals surface area contributed by atoms with Gasteiger partial charge in [0.2, 0.25) is 10.0 Å². The molecule has 0 heterocycles. The highest BCUT2D eigenvalue weighted by molar-refractivity contribution is 7.89. The second kappa shape index (κ2) is 9.78. The van der Waals surface area contributed by atoms with Crippen molar-refractivity contribution >= 4 is 33.2 Å². The summed E-state index contributed by atoms with van der Waals surface area (Å²) in [5.74, 6) is 0.219. The third-order valence-corrected chi connectivity index (χ3v) is 7.96. The average molecular weight is 535 g/mol. The fourth-order valence-electron chi connectivity index (χ4n) is 3.95. The molecule has 0 amide bonds. The number of sulfonamides is 1. The molecule has 2 N–H and O–H groups in total. The van der Waals surface area contributed by atoms with Crippen LogP contribution in [0.5, 0.6) is 5.75 Å². The molecule has 1 atom stereocenters. The first kappa shape index (κ1) is 27.5. The number of hydrogen-bond acceptors (Lipinski definition) is 3. The number of aromatic hydroxyl groups is 1. The van der Waals surface area contributed by atoms with Crippen molar-refractivity contribution in [1.29, 1.82) is 0 Å². The topological polar surface area (TPSA) is 66.4 Å². The first-order valence-electron chi connectivity index (χ1n) is 11.4.